The molecule has 0 radical (unpaired) electrons. The maximum atomic E-state index is 9.74. The van der Waals surface area contributed by atoms with Crippen LogP contribution >= 0.6 is 23.2 Å². The SMILES string of the molecule is Oc1c(Cl)cc(Cl)cc1C=NCCc1ccccn1. The minimum absolute atomic E-state index is 0.00680. The largest absolute Gasteiger partial charge is 0.506 e. The highest BCUT2D eigenvalue weighted by atomic mass is 35.5. The molecule has 0 spiro atoms. The standard InChI is InChI=1S/C14H12Cl2N2O/c15-11-7-10(14(19)13(16)8-11)9-17-6-4-12-3-1-2-5-18-12/h1-3,5,7-9,19H,4,6H2. The summed E-state index contributed by atoms with van der Waals surface area (Å²) < 4.78 is 0. The molecule has 0 unspecified atom stereocenters. The summed E-state index contributed by atoms with van der Waals surface area (Å²) >= 11 is 11.7. The van der Waals surface area contributed by atoms with E-state index in [1.165, 1.54) is 6.07 Å². The predicted octanol–water partition coefficient (Wildman–Crippen LogP) is 3.76. The fraction of sp³-hybridized carbons (Fsp3) is 0.143. The summed E-state index contributed by atoms with van der Waals surface area (Å²) in [5.41, 5.74) is 1.49. The number of nitrogens with zero attached hydrogens (tertiary/aromatic N) is 2. The quantitative estimate of drug-likeness (QED) is 0.873. The van der Waals surface area contributed by atoms with Gasteiger partial charge in [-0.3, -0.25) is 9.98 Å². The van der Waals surface area contributed by atoms with Crippen LogP contribution in [0.1, 0.15) is 11.3 Å². The van der Waals surface area contributed by atoms with E-state index in [2.05, 4.69) is 9.98 Å². The summed E-state index contributed by atoms with van der Waals surface area (Å²) in [6, 6.07) is 8.87. The van der Waals surface area contributed by atoms with Crippen LogP contribution in [0.5, 0.6) is 5.75 Å². The average Bonchev–Trinajstić information content (AvgIpc) is 2.41. The topological polar surface area (TPSA) is 45.5 Å². The van der Waals surface area contributed by atoms with Gasteiger partial charge < -0.3 is 5.11 Å². The summed E-state index contributed by atoms with van der Waals surface area (Å²) in [7, 11) is 0. The fourth-order valence-corrected chi connectivity index (χ4v) is 2.08. The molecule has 0 saturated carbocycles. The van der Waals surface area contributed by atoms with Crippen molar-refractivity contribution in [2.75, 3.05) is 6.54 Å². The first-order valence-corrected chi connectivity index (χ1v) is 6.50. The van der Waals surface area contributed by atoms with Gasteiger partial charge in [0, 0.05) is 41.7 Å². The Morgan fingerprint density at radius 1 is 1.26 bits per heavy atom. The molecule has 0 bridgehead atoms. The van der Waals surface area contributed by atoms with Gasteiger partial charge in [-0.1, -0.05) is 29.3 Å². The molecule has 1 aromatic heterocycles. The molecule has 1 heterocycles. The van der Waals surface area contributed by atoms with Crippen molar-refractivity contribution in [3.05, 3.63) is 57.8 Å². The van der Waals surface area contributed by atoms with E-state index < -0.39 is 0 Å². The van der Waals surface area contributed by atoms with Gasteiger partial charge in [-0.2, -0.15) is 0 Å². The van der Waals surface area contributed by atoms with Crippen molar-refractivity contribution in [3.8, 4) is 5.75 Å². The van der Waals surface area contributed by atoms with Crippen molar-refractivity contribution in [2.45, 2.75) is 6.42 Å². The van der Waals surface area contributed by atoms with E-state index in [1.807, 2.05) is 18.2 Å². The summed E-state index contributed by atoms with van der Waals surface area (Å²) in [4.78, 5) is 8.44. The molecule has 0 amide bonds. The number of phenolic OH excluding ortho intramolecular Hbond substituents is 1. The lowest BCUT2D eigenvalue weighted by atomic mass is 10.2. The van der Waals surface area contributed by atoms with Gasteiger partial charge in [0.2, 0.25) is 0 Å². The molecule has 3 nitrogen and oxygen atoms in total. The van der Waals surface area contributed by atoms with Crippen LogP contribution in [0.25, 0.3) is 0 Å². The lowest BCUT2D eigenvalue weighted by molar-refractivity contribution is 0.474. The first kappa shape index (κ1) is 13.8. The smallest absolute Gasteiger partial charge is 0.143 e. The van der Waals surface area contributed by atoms with E-state index in [9.17, 15) is 5.11 Å². The third kappa shape index (κ3) is 3.94. The highest BCUT2D eigenvalue weighted by Gasteiger charge is 2.05. The molecule has 2 rings (SSSR count). The second-order valence-electron chi connectivity index (χ2n) is 3.93. The van der Waals surface area contributed by atoms with E-state index in [-0.39, 0.29) is 10.8 Å². The number of benzene rings is 1. The lowest BCUT2D eigenvalue weighted by Gasteiger charge is -2.02. The number of hydrogen-bond donors (Lipinski definition) is 1. The Morgan fingerprint density at radius 2 is 2.11 bits per heavy atom. The molecule has 0 aliphatic carbocycles. The molecule has 98 valence electrons. The zero-order valence-electron chi connectivity index (χ0n) is 10.1. The number of phenols is 1. The molecule has 0 aliphatic heterocycles. The van der Waals surface area contributed by atoms with Gasteiger partial charge in [-0.25, -0.2) is 0 Å². The van der Waals surface area contributed by atoms with Gasteiger partial charge in [0.1, 0.15) is 5.75 Å². The van der Waals surface area contributed by atoms with E-state index in [0.29, 0.717) is 17.1 Å². The van der Waals surface area contributed by atoms with Crippen LogP contribution in [-0.2, 0) is 6.42 Å². The first-order chi connectivity index (χ1) is 9.16. The Bertz CT molecular complexity index is 585. The lowest BCUT2D eigenvalue weighted by Crippen LogP contribution is -1.93. The van der Waals surface area contributed by atoms with E-state index >= 15 is 0 Å². The van der Waals surface area contributed by atoms with Gasteiger partial charge in [-0.05, 0) is 24.3 Å². The summed E-state index contributed by atoms with van der Waals surface area (Å²) in [5.74, 6) is -0.00680. The molecule has 0 fully saturated rings. The van der Waals surface area contributed by atoms with Crippen molar-refractivity contribution >= 4 is 29.4 Å². The van der Waals surface area contributed by atoms with Gasteiger partial charge in [0.05, 0.1) is 5.02 Å². The van der Waals surface area contributed by atoms with E-state index in [1.54, 1.807) is 18.5 Å². The number of aromatic hydroxyl groups is 1. The summed E-state index contributed by atoms with van der Waals surface area (Å²) in [6.45, 7) is 0.584. The maximum Gasteiger partial charge on any atom is 0.143 e. The Kier molecular flexibility index (Phi) is 4.77. The van der Waals surface area contributed by atoms with Crippen LogP contribution in [0.4, 0.5) is 0 Å². The molecule has 19 heavy (non-hydrogen) atoms. The zero-order valence-corrected chi connectivity index (χ0v) is 11.6. The number of rotatable bonds is 4. The van der Waals surface area contributed by atoms with Gasteiger partial charge >= 0.3 is 0 Å². The molecular formula is C14H12Cl2N2O. The predicted molar refractivity (Wildman–Crippen MR) is 78.5 cm³/mol. The van der Waals surface area contributed by atoms with Crippen LogP contribution in [-0.4, -0.2) is 22.8 Å². The van der Waals surface area contributed by atoms with Crippen molar-refractivity contribution in [3.63, 3.8) is 0 Å². The minimum atomic E-state index is -0.00680. The molecule has 5 heteroatoms. The number of aromatic nitrogens is 1. The van der Waals surface area contributed by atoms with Gasteiger partial charge in [0.25, 0.3) is 0 Å². The second-order valence-corrected chi connectivity index (χ2v) is 4.78. The third-order valence-electron chi connectivity index (χ3n) is 2.51. The molecule has 0 atom stereocenters. The first-order valence-electron chi connectivity index (χ1n) is 5.74. The van der Waals surface area contributed by atoms with Gasteiger partial charge in [-0.15, -0.1) is 0 Å². The molecule has 1 N–H and O–H groups in total. The number of halogens is 2. The Balaban J connectivity index is 2.00. The van der Waals surface area contributed by atoms with Crippen molar-refractivity contribution < 1.29 is 5.11 Å². The second kappa shape index (κ2) is 6.55. The third-order valence-corrected chi connectivity index (χ3v) is 3.02. The van der Waals surface area contributed by atoms with Crippen molar-refractivity contribution in [2.24, 2.45) is 4.99 Å². The zero-order chi connectivity index (χ0) is 13.7. The van der Waals surface area contributed by atoms with Crippen LogP contribution < -0.4 is 0 Å². The Hall–Kier alpha value is -1.58. The number of hydrogen-bond acceptors (Lipinski definition) is 3. The summed E-state index contributed by atoms with van der Waals surface area (Å²) in [6.07, 6.45) is 4.06. The maximum absolute atomic E-state index is 9.74. The molecule has 1 aromatic carbocycles. The van der Waals surface area contributed by atoms with Crippen LogP contribution in [0.2, 0.25) is 10.0 Å². The average molecular weight is 295 g/mol. The Morgan fingerprint density at radius 3 is 2.84 bits per heavy atom. The molecule has 2 aromatic rings. The summed E-state index contributed by atoms with van der Waals surface area (Å²) in [5, 5.41) is 10.4. The number of pyridine rings is 1. The molecular weight excluding hydrogens is 283 g/mol. The van der Waals surface area contributed by atoms with Crippen LogP contribution in [0, 0.1) is 0 Å². The van der Waals surface area contributed by atoms with E-state index in [4.69, 9.17) is 23.2 Å². The highest BCUT2D eigenvalue weighted by Crippen LogP contribution is 2.29. The monoisotopic (exact) mass is 294 g/mol. The number of aliphatic imine (C=N–C) groups is 1. The molecule has 0 aliphatic rings. The van der Waals surface area contributed by atoms with E-state index in [0.717, 1.165) is 12.1 Å². The van der Waals surface area contributed by atoms with Gasteiger partial charge in [0.15, 0.2) is 0 Å². The van der Waals surface area contributed by atoms with Crippen molar-refractivity contribution in [1.82, 2.24) is 4.98 Å². The Labute approximate surface area is 121 Å². The van der Waals surface area contributed by atoms with Crippen molar-refractivity contribution in [1.29, 1.82) is 0 Å². The van der Waals surface area contributed by atoms with Crippen LogP contribution in [0.15, 0.2) is 41.5 Å². The molecule has 0 saturated heterocycles. The minimum Gasteiger partial charge on any atom is -0.506 e. The highest BCUT2D eigenvalue weighted by molar-refractivity contribution is 6.36. The normalized spacial score (nSPS) is 11.1. The fourth-order valence-electron chi connectivity index (χ4n) is 1.57. The van der Waals surface area contributed by atoms with Crippen LogP contribution in [0.3, 0.4) is 0 Å².